The molecule has 0 saturated carbocycles. The first-order valence-electron chi connectivity index (χ1n) is 11.6. The minimum atomic E-state index is 0.0879. The van der Waals surface area contributed by atoms with Gasteiger partial charge in [0, 0.05) is 35.7 Å². The molecule has 6 rings (SSSR count). The minimum absolute atomic E-state index is 0.0879. The number of hydrogen-bond donors (Lipinski definition) is 0. The van der Waals surface area contributed by atoms with Crippen LogP contribution in [-0.4, -0.2) is 18.9 Å². The van der Waals surface area contributed by atoms with Gasteiger partial charge in [0.25, 0.3) is 0 Å². The third-order valence-corrected chi connectivity index (χ3v) is 6.96. The first kappa shape index (κ1) is 19.8. The highest BCUT2D eigenvalue weighted by Gasteiger charge is 2.34. The van der Waals surface area contributed by atoms with E-state index in [-0.39, 0.29) is 17.7 Å². The minimum Gasteiger partial charge on any atom is -0.370 e. The van der Waals surface area contributed by atoms with Crippen molar-refractivity contribution in [3.8, 4) is 0 Å². The van der Waals surface area contributed by atoms with E-state index < -0.39 is 0 Å². The van der Waals surface area contributed by atoms with Crippen molar-refractivity contribution in [2.75, 3.05) is 22.9 Å². The second-order valence-electron chi connectivity index (χ2n) is 8.98. The zero-order chi connectivity index (χ0) is 22.2. The Balaban J connectivity index is 1.20. The molecule has 1 fully saturated rings. The van der Waals surface area contributed by atoms with Gasteiger partial charge in [0.2, 0.25) is 0 Å². The summed E-state index contributed by atoms with van der Waals surface area (Å²) in [6, 6.07) is 38.2. The smallest absolute Gasteiger partial charge is 0.169 e. The van der Waals surface area contributed by atoms with E-state index in [1.165, 1.54) is 28.2 Å². The van der Waals surface area contributed by atoms with Gasteiger partial charge in [-0.15, -0.1) is 0 Å². The standard InChI is InChI=1S/C30H26N2O/c33-30(23-9-3-1-4-10-23)25-20-31(21-25)26-17-15-22(16-18-26)29-19-24-11-7-8-14-28(24)32(29)27-12-5-2-6-13-27/h1-18,25,29H,19-21H2. The summed E-state index contributed by atoms with van der Waals surface area (Å²) in [7, 11) is 0. The van der Waals surface area contributed by atoms with E-state index >= 15 is 0 Å². The van der Waals surface area contributed by atoms with Crippen LogP contribution in [0, 0.1) is 5.92 Å². The van der Waals surface area contributed by atoms with Crippen LogP contribution in [0.3, 0.4) is 0 Å². The maximum atomic E-state index is 12.7. The molecule has 33 heavy (non-hydrogen) atoms. The third-order valence-electron chi connectivity index (χ3n) is 6.96. The van der Waals surface area contributed by atoms with Crippen LogP contribution in [0.25, 0.3) is 0 Å². The first-order valence-corrected chi connectivity index (χ1v) is 11.6. The van der Waals surface area contributed by atoms with Gasteiger partial charge >= 0.3 is 0 Å². The lowest BCUT2D eigenvalue weighted by molar-refractivity contribution is 0.0897. The fraction of sp³-hybridized carbons (Fsp3) is 0.167. The van der Waals surface area contributed by atoms with Crippen molar-refractivity contribution < 1.29 is 4.79 Å². The maximum absolute atomic E-state index is 12.7. The number of fused-ring (bicyclic) bond motifs is 1. The second-order valence-corrected chi connectivity index (χ2v) is 8.98. The quantitative estimate of drug-likeness (QED) is 0.340. The molecule has 0 amide bonds. The van der Waals surface area contributed by atoms with E-state index in [2.05, 4.69) is 88.7 Å². The highest BCUT2D eigenvalue weighted by atomic mass is 16.1. The monoisotopic (exact) mass is 430 g/mol. The van der Waals surface area contributed by atoms with Gasteiger partial charge in [-0.2, -0.15) is 0 Å². The lowest BCUT2D eigenvalue weighted by Gasteiger charge is -2.40. The average molecular weight is 431 g/mol. The molecule has 1 atom stereocenters. The summed E-state index contributed by atoms with van der Waals surface area (Å²) in [6.07, 6.45) is 1.00. The van der Waals surface area contributed by atoms with Crippen LogP contribution in [0.15, 0.2) is 109 Å². The van der Waals surface area contributed by atoms with Crippen LogP contribution < -0.4 is 9.80 Å². The Morgan fingerprint density at radius 1 is 0.667 bits per heavy atom. The zero-order valence-corrected chi connectivity index (χ0v) is 18.5. The molecule has 1 saturated heterocycles. The number of carbonyl (C=O) groups excluding carboxylic acids is 1. The van der Waals surface area contributed by atoms with Crippen LogP contribution >= 0.6 is 0 Å². The molecule has 3 nitrogen and oxygen atoms in total. The summed E-state index contributed by atoms with van der Waals surface area (Å²) < 4.78 is 0. The first-order chi connectivity index (χ1) is 16.3. The number of hydrogen-bond acceptors (Lipinski definition) is 3. The molecule has 0 radical (unpaired) electrons. The van der Waals surface area contributed by atoms with Gasteiger partial charge in [0.15, 0.2) is 5.78 Å². The number of ketones is 1. The highest BCUT2D eigenvalue weighted by Crippen LogP contribution is 2.45. The van der Waals surface area contributed by atoms with Gasteiger partial charge in [-0.1, -0.05) is 78.9 Å². The van der Waals surface area contributed by atoms with E-state index in [4.69, 9.17) is 0 Å². The van der Waals surface area contributed by atoms with Gasteiger partial charge in [-0.25, -0.2) is 0 Å². The number of benzene rings is 4. The fourth-order valence-corrected chi connectivity index (χ4v) is 5.16. The van der Waals surface area contributed by atoms with Gasteiger partial charge in [0.1, 0.15) is 0 Å². The topological polar surface area (TPSA) is 23.6 Å². The Kier molecular flexibility index (Phi) is 4.95. The van der Waals surface area contributed by atoms with E-state index in [1.54, 1.807) is 0 Å². The largest absolute Gasteiger partial charge is 0.370 e. The fourth-order valence-electron chi connectivity index (χ4n) is 5.16. The normalized spacial score (nSPS) is 17.5. The number of carbonyl (C=O) groups is 1. The Hall–Kier alpha value is -3.85. The summed E-state index contributed by atoms with van der Waals surface area (Å²) in [4.78, 5) is 17.4. The molecule has 0 bridgehead atoms. The van der Waals surface area contributed by atoms with Crippen molar-refractivity contribution in [3.63, 3.8) is 0 Å². The molecule has 4 aromatic rings. The van der Waals surface area contributed by atoms with Crippen LogP contribution in [0.2, 0.25) is 0 Å². The van der Waals surface area contributed by atoms with Gasteiger partial charge in [0.05, 0.1) is 12.0 Å². The highest BCUT2D eigenvalue weighted by molar-refractivity contribution is 5.99. The zero-order valence-electron chi connectivity index (χ0n) is 18.5. The molecule has 0 spiro atoms. The molecule has 2 heterocycles. The predicted octanol–water partition coefficient (Wildman–Crippen LogP) is 6.44. The number of para-hydroxylation sites is 2. The van der Waals surface area contributed by atoms with Crippen molar-refractivity contribution in [1.82, 2.24) is 0 Å². The molecule has 0 aromatic heterocycles. The Bertz CT molecular complexity index is 1260. The molecular weight excluding hydrogens is 404 g/mol. The molecule has 1 unspecified atom stereocenters. The van der Waals surface area contributed by atoms with Gasteiger partial charge in [-0.05, 0) is 47.9 Å². The van der Waals surface area contributed by atoms with E-state index in [1.807, 2.05) is 30.3 Å². The van der Waals surface area contributed by atoms with E-state index in [0.29, 0.717) is 0 Å². The van der Waals surface area contributed by atoms with E-state index in [0.717, 1.165) is 25.1 Å². The summed E-state index contributed by atoms with van der Waals surface area (Å²) >= 11 is 0. The number of rotatable bonds is 5. The predicted molar refractivity (Wildman–Crippen MR) is 134 cm³/mol. The van der Waals surface area contributed by atoms with Crippen molar-refractivity contribution >= 4 is 22.8 Å². The number of Topliss-reactive ketones (excluding diaryl/α,β-unsaturated/α-hetero) is 1. The second kappa shape index (κ2) is 8.25. The number of nitrogens with zero attached hydrogens (tertiary/aromatic N) is 2. The summed E-state index contributed by atoms with van der Waals surface area (Å²) in [5.74, 6) is 0.343. The summed E-state index contributed by atoms with van der Waals surface area (Å²) in [5.41, 5.74) is 7.23. The van der Waals surface area contributed by atoms with Crippen molar-refractivity contribution in [1.29, 1.82) is 0 Å². The molecule has 0 aliphatic carbocycles. The van der Waals surface area contributed by atoms with E-state index in [9.17, 15) is 4.79 Å². The van der Waals surface area contributed by atoms with Crippen LogP contribution in [0.1, 0.15) is 27.5 Å². The van der Waals surface area contributed by atoms with Crippen molar-refractivity contribution in [3.05, 3.63) is 126 Å². The molecule has 3 heteroatoms. The molecule has 0 N–H and O–H groups in total. The Morgan fingerprint density at radius 2 is 1.30 bits per heavy atom. The van der Waals surface area contributed by atoms with Crippen molar-refractivity contribution in [2.45, 2.75) is 12.5 Å². The van der Waals surface area contributed by atoms with Crippen molar-refractivity contribution in [2.24, 2.45) is 5.92 Å². The number of anilines is 3. The lowest BCUT2D eigenvalue weighted by atomic mass is 9.90. The Labute approximate surface area is 194 Å². The van der Waals surface area contributed by atoms with Gasteiger partial charge in [-0.3, -0.25) is 4.79 Å². The van der Waals surface area contributed by atoms with Gasteiger partial charge < -0.3 is 9.80 Å². The molecular formula is C30H26N2O. The third kappa shape index (κ3) is 3.60. The molecule has 2 aliphatic heterocycles. The average Bonchev–Trinajstić information content (AvgIpc) is 3.24. The molecule has 162 valence electrons. The van der Waals surface area contributed by atoms with Crippen LogP contribution in [0.4, 0.5) is 17.1 Å². The lowest BCUT2D eigenvalue weighted by Crippen LogP contribution is -2.50. The van der Waals surface area contributed by atoms with Crippen LogP contribution in [0.5, 0.6) is 0 Å². The Morgan fingerprint density at radius 3 is 2.03 bits per heavy atom. The van der Waals surface area contributed by atoms with Crippen LogP contribution in [-0.2, 0) is 6.42 Å². The molecule has 2 aliphatic rings. The molecule has 4 aromatic carbocycles. The maximum Gasteiger partial charge on any atom is 0.169 e. The summed E-state index contributed by atoms with van der Waals surface area (Å²) in [5, 5.41) is 0. The summed E-state index contributed by atoms with van der Waals surface area (Å²) in [6.45, 7) is 1.58. The SMILES string of the molecule is O=C(c1ccccc1)C1CN(c2ccc(C3Cc4ccccc4N3c3ccccc3)cc2)C1.